The number of morpholine rings is 1. The van der Waals surface area contributed by atoms with Crippen LogP contribution in [-0.2, 0) is 4.74 Å². The first-order valence-corrected chi connectivity index (χ1v) is 6.89. The highest BCUT2D eigenvalue weighted by Crippen LogP contribution is 2.28. The molecule has 3 nitrogen and oxygen atoms in total. The minimum Gasteiger partial charge on any atom is -0.378 e. The number of carbonyl (C=O) groups is 1. The van der Waals surface area contributed by atoms with Gasteiger partial charge in [0, 0.05) is 29.1 Å². The molecule has 2 aliphatic heterocycles. The van der Waals surface area contributed by atoms with Crippen LogP contribution in [0.15, 0.2) is 24.3 Å². The molecule has 2 aliphatic rings. The Labute approximate surface area is 116 Å². The number of halogens is 2. The molecular weight excluding hydrogens is 264 g/mol. The average molecular weight is 281 g/mol. The molecule has 0 aliphatic carbocycles. The van der Waals surface area contributed by atoms with Crippen molar-refractivity contribution in [3.63, 3.8) is 0 Å². The lowest BCUT2D eigenvalue weighted by Crippen LogP contribution is -2.55. The summed E-state index contributed by atoms with van der Waals surface area (Å²) in [6, 6.07) is 6.16. The van der Waals surface area contributed by atoms with Crippen molar-refractivity contribution < 1.29 is 18.3 Å². The summed E-state index contributed by atoms with van der Waals surface area (Å²) in [5, 5.41) is 3.44. The molecule has 2 saturated heterocycles. The van der Waals surface area contributed by atoms with Gasteiger partial charge >= 0.3 is 0 Å². The van der Waals surface area contributed by atoms with E-state index in [1.54, 1.807) is 0 Å². The molecule has 3 rings (SSSR count). The summed E-state index contributed by atoms with van der Waals surface area (Å²) in [5.74, 6) is 0.0248. The van der Waals surface area contributed by atoms with Crippen molar-refractivity contribution in [1.82, 2.24) is 5.32 Å². The molecule has 5 heteroatoms. The molecule has 0 radical (unpaired) electrons. The maximum Gasteiger partial charge on any atom is 0.263 e. The van der Waals surface area contributed by atoms with Crippen molar-refractivity contribution >= 4 is 5.78 Å². The molecule has 2 atom stereocenters. The van der Waals surface area contributed by atoms with Crippen LogP contribution in [0.5, 0.6) is 0 Å². The number of hydrogen-bond acceptors (Lipinski definition) is 3. The topological polar surface area (TPSA) is 38.3 Å². The molecule has 2 fully saturated rings. The van der Waals surface area contributed by atoms with Gasteiger partial charge in [0.2, 0.25) is 0 Å². The first-order valence-electron chi connectivity index (χ1n) is 6.89. The number of piperidine rings is 1. The highest BCUT2D eigenvalue weighted by atomic mass is 19.3. The fraction of sp³-hybridized carbons (Fsp3) is 0.533. The summed E-state index contributed by atoms with van der Waals surface area (Å²) >= 11 is 0. The highest BCUT2D eigenvalue weighted by Gasteiger charge is 2.35. The zero-order valence-electron chi connectivity index (χ0n) is 11.0. The number of Topliss-reactive ketones (excluding diaryl/α,β-unsaturated/α-hetero) is 1. The van der Waals surface area contributed by atoms with Gasteiger partial charge in [-0.3, -0.25) is 4.79 Å². The van der Waals surface area contributed by atoms with Gasteiger partial charge in [0.05, 0.1) is 13.2 Å². The van der Waals surface area contributed by atoms with Crippen LogP contribution in [-0.4, -0.2) is 31.1 Å². The lowest BCUT2D eigenvalue weighted by Gasteiger charge is -2.39. The van der Waals surface area contributed by atoms with Gasteiger partial charge in [0.25, 0.3) is 6.43 Å². The minimum atomic E-state index is -2.49. The Balaban J connectivity index is 1.72. The monoisotopic (exact) mass is 281 g/mol. The highest BCUT2D eigenvalue weighted by molar-refractivity contribution is 5.98. The van der Waals surface area contributed by atoms with Crippen LogP contribution in [0.1, 0.15) is 35.2 Å². The van der Waals surface area contributed by atoms with Gasteiger partial charge < -0.3 is 10.1 Å². The van der Waals surface area contributed by atoms with Gasteiger partial charge in [0.1, 0.15) is 0 Å². The predicted molar refractivity (Wildman–Crippen MR) is 70.0 cm³/mol. The van der Waals surface area contributed by atoms with E-state index in [-0.39, 0.29) is 29.3 Å². The lowest BCUT2D eigenvalue weighted by molar-refractivity contribution is 0.00952. The Kier molecular flexibility index (Phi) is 3.81. The van der Waals surface area contributed by atoms with Crippen LogP contribution in [0.4, 0.5) is 8.78 Å². The van der Waals surface area contributed by atoms with Crippen LogP contribution >= 0.6 is 0 Å². The summed E-state index contributed by atoms with van der Waals surface area (Å²) in [6.45, 7) is 1.29. The standard InChI is InChI=1S/C15H17F2NO2/c16-15(17)10-3-1-9(2-4-10)14(19)11-5-12-7-20-8-13(6-11)18-12/h1-4,11-13,15,18H,5-8H2. The Morgan fingerprint density at radius 1 is 1.15 bits per heavy atom. The number of alkyl halides is 2. The van der Waals surface area contributed by atoms with Gasteiger partial charge in [0.15, 0.2) is 5.78 Å². The van der Waals surface area contributed by atoms with Crippen molar-refractivity contribution in [2.45, 2.75) is 31.4 Å². The van der Waals surface area contributed by atoms with Crippen molar-refractivity contribution in [2.24, 2.45) is 5.92 Å². The summed E-state index contributed by atoms with van der Waals surface area (Å²) in [4.78, 5) is 12.5. The van der Waals surface area contributed by atoms with E-state index >= 15 is 0 Å². The van der Waals surface area contributed by atoms with E-state index in [4.69, 9.17) is 4.74 Å². The van der Waals surface area contributed by atoms with Crippen molar-refractivity contribution in [3.8, 4) is 0 Å². The number of rotatable bonds is 3. The van der Waals surface area contributed by atoms with E-state index in [1.165, 1.54) is 24.3 Å². The average Bonchev–Trinajstić information content (AvgIpc) is 2.46. The molecule has 2 heterocycles. The molecule has 0 spiro atoms. The molecule has 2 bridgehead atoms. The molecule has 1 aromatic rings. The largest absolute Gasteiger partial charge is 0.378 e. The second-order valence-electron chi connectivity index (χ2n) is 5.55. The van der Waals surface area contributed by atoms with Gasteiger partial charge in [-0.2, -0.15) is 0 Å². The number of ether oxygens (including phenoxy) is 1. The molecular formula is C15H17F2NO2. The zero-order valence-corrected chi connectivity index (χ0v) is 11.0. The smallest absolute Gasteiger partial charge is 0.263 e. The normalized spacial score (nSPS) is 29.4. The molecule has 108 valence electrons. The van der Waals surface area contributed by atoms with E-state index < -0.39 is 6.43 Å². The second kappa shape index (κ2) is 5.58. The summed E-state index contributed by atoms with van der Waals surface area (Å²) in [6.07, 6.45) is -0.979. The molecule has 0 aromatic heterocycles. The third kappa shape index (κ3) is 2.74. The number of fused-ring (bicyclic) bond motifs is 2. The van der Waals surface area contributed by atoms with Gasteiger partial charge in [-0.25, -0.2) is 8.78 Å². The van der Waals surface area contributed by atoms with E-state index in [0.717, 1.165) is 12.8 Å². The van der Waals surface area contributed by atoms with E-state index in [0.29, 0.717) is 18.8 Å². The van der Waals surface area contributed by atoms with E-state index in [2.05, 4.69) is 5.32 Å². The van der Waals surface area contributed by atoms with Crippen LogP contribution < -0.4 is 5.32 Å². The van der Waals surface area contributed by atoms with Gasteiger partial charge in [-0.05, 0) is 12.8 Å². The molecule has 20 heavy (non-hydrogen) atoms. The Bertz CT molecular complexity index is 477. The second-order valence-corrected chi connectivity index (χ2v) is 5.55. The van der Waals surface area contributed by atoms with E-state index in [9.17, 15) is 13.6 Å². The first-order chi connectivity index (χ1) is 9.63. The summed E-state index contributed by atoms with van der Waals surface area (Å²) < 4.78 is 30.5. The van der Waals surface area contributed by atoms with Crippen LogP contribution in [0.3, 0.4) is 0 Å². The van der Waals surface area contributed by atoms with Gasteiger partial charge in [-0.15, -0.1) is 0 Å². The third-order valence-electron chi connectivity index (χ3n) is 4.07. The van der Waals surface area contributed by atoms with Crippen molar-refractivity contribution in [1.29, 1.82) is 0 Å². The number of ketones is 1. The predicted octanol–water partition coefficient (Wildman–Crippen LogP) is 2.57. The van der Waals surface area contributed by atoms with E-state index in [1.807, 2.05) is 0 Å². The van der Waals surface area contributed by atoms with Crippen molar-refractivity contribution in [2.75, 3.05) is 13.2 Å². The number of carbonyl (C=O) groups excluding carboxylic acids is 1. The maximum atomic E-state index is 12.5. The first kappa shape index (κ1) is 13.6. The molecule has 1 aromatic carbocycles. The fourth-order valence-electron chi connectivity index (χ4n) is 3.08. The Hall–Kier alpha value is -1.33. The zero-order chi connectivity index (χ0) is 14.1. The number of nitrogens with one attached hydrogen (secondary N) is 1. The summed E-state index contributed by atoms with van der Waals surface area (Å²) in [7, 11) is 0. The molecule has 1 N–H and O–H groups in total. The minimum absolute atomic E-state index is 0.0347. The maximum absolute atomic E-state index is 12.5. The third-order valence-corrected chi connectivity index (χ3v) is 4.07. The fourth-order valence-corrected chi connectivity index (χ4v) is 3.08. The summed E-state index contributed by atoms with van der Waals surface area (Å²) in [5.41, 5.74) is 0.484. The van der Waals surface area contributed by atoms with Crippen LogP contribution in [0.25, 0.3) is 0 Å². The SMILES string of the molecule is O=C(c1ccc(C(F)F)cc1)C1CC2COCC(C1)N2. The molecule has 0 amide bonds. The van der Waals surface area contributed by atoms with Crippen LogP contribution in [0.2, 0.25) is 0 Å². The quantitative estimate of drug-likeness (QED) is 0.865. The van der Waals surface area contributed by atoms with Crippen molar-refractivity contribution in [3.05, 3.63) is 35.4 Å². The molecule has 2 unspecified atom stereocenters. The Morgan fingerprint density at radius 3 is 2.30 bits per heavy atom. The number of benzene rings is 1. The molecule has 0 saturated carbocycles. The van der Waals surface area contributed by atoms with Crippen LogP contribution in [0, 0.1) is 5.92 Å². The lowest BCUT2D eigenvalue weighted by atomic mass is 9.82. The Morgan fingerprint density at radius 2 is 1.75 bits per heavy atom. The number of hydrogen-bond donors (Lipinski definition) is 1. The van der Waals surface area contributed by atoms with Gasteiger partial charge in [-0.1, -0.05) is 24.3 Å².